The number of anilines is 1. The van der Waals surface area contributed by atoms with Crippen molar-refractivity contribution >= 4 is 42.4 Å². The summed E-state index contributed by atoms with van der Waals surface area (Å²) in [4.78, 5) is 26.3. The Morgan fingerprint density at radius 3 is 2.51 bits per heavy atom. The average Bonchev–Trinajstić information content (AvgIpc) is 3.35. The molecule has 12 nitrogen and oxygen atoms in total. The van der Waals surface area contributed by atoms with E-state index in [0.29, 0.717) is 22.7 Å². The molecule has 3 aromatic rings. The molecular formula is C25H34N5O7PS. The Morgan fingerprint density at radius 2 is 1.92 bits per heavy atom. The number of carbonyl (C=O) groups is 1. The molecule has 1 fully saturated rings. The fourth-order valence-electron chi connectivity index (χ4n) is 3.82. The Kier molecular flexibility index (Phi) is 8.58. The lowest BCUT2D eigenvalue weighted by atomic mass is 9.98. The zero-order valence-electron chi connectivity index (χ0n) is 22.9. The van der Waals surface area contributed by atoms with E-state index in [2.05, 4.69) is 15.0 Å². The molecule has 0 spiro atoms. The number of nitrogens with two attached hydrogens (primary N) is 1. The van der Waals surface area contributed by atoms with E-state index in [4.69, 9.17) is 29.0 Å². The first-order chi connectivity index (χ1) is 18.4. The molecule has 0 amide bonds. The molecule has 0 radical (unpaired) electrons. The molecule has 0 bridgehead atoms. The fourth-order valence-corrected chi connectivity index (χ4v) is 5.61. The van der Waals surface area contributed by atoms with Crippen LogP contribution in [0.15, 0.2) is 40.5 Å². The average molecular weight is 580 g/mol. The molecule has 2 N–H and O–H groups in total. The van der Waals surface area contributed by atoms with Crippen molar-refractivity contribution < 1.29 is 32.6 Å². The molecule has 2 heterocycles. The van der Waals surface area contributed by atoms with Crippen LogP contribution in [0.25, 0.3) is 11.2 Å². The third-order valence-electron chi connectivity index (χ3n) is 6.39. The van der Waals surface area contributed by atoms with Gasteiger partial charge in [-0.1, -0.05) is 18.7 Å². The summed E-state index contributed by atoms with van der Waals surface area (Å²) in [5, 5.41) is 0.627. The van der Waals surface area contributed by atoms with Crippen LogP contribution in [0.1, 0.15) is 34.1 Å². The van der Waals surface area contributed by atoms with Crippen molar-refractivity contribution in [2.45, 2.75) is 56.2 Å². The van der Waals surface area contributed by atoms with Gasteiger partial charge in [0.05, 0.1) is 31.0 Å². The molecule has 14 heteroatoms. The van der Waals surface area contributed by atoms with Gasteiger partial charge in [-0.2, -0.15) is 4.98 Å². The Balaban J connectivity index is 1.46. The summed E-state index contributed by atoms with van der Waals surface area (Å²) in [6.45, 7) is 7.08. The van der Waals surface area contributed by atoms with Gasteiger partial charge in [0, 0.05) is 12.0 Å². The van der Waals surface area contributed by atoms with Crippen molar-refractivity contribution in [3.05, 3.63) is 30.6 Å². The Bertz CT molecular complexity index is 1380. The van der Waals surface area contributed by atoms with Gasteiger partial charge in [-0.3, -0.25) is 13.9 Å². The molecule has 1 aromatic carbocycles. The van der Waals surface area contributed by atoms with Crippen molar-refractivity contribution in [2.75, 3.05) is 33.1 Å². The number of fused-ring (bicyclic) bond motifs is 1. The molecule has 3 atom stereocenters. The van der Waals surface area contributed by atoms with Crippen LogP contribution in [-0.2, 0) is 34.4 Å². The lowest BCUT2D eigenvalue weighted by Crippen LogP contribution is -2.26. The van der Waals surface area contributed by atoms with E-state index in [1.165, 1.54) is 18.9 Å². The summed E-state index contributed by atoms with van der Waals surface area (Å²) in [7, 11) is -0.787. The van der Waals surface area contributed by atoms with Crippen LogP contribution < -0.4 is 10.5 Å². The van der Waals surface area contributed by atoms with E-state index in [1.54, 1.807) is 34.2 Å². The van der Waals surface area contributed by atoms with Crippen molar-refractivity contribution in [3.8, 4) is 5.75 Å². The Labute approximate surface area is 231 Å². The van der Waals surface area contributed by atoms with Gasteiger partial charge in [-0.25, -0.2) is 9.97 Å². The number of nitrogen functional groups attached to an aromatic ring is 1. The van der Waals surface area contributed by atoms with Gasteiger partial charge < -0.3 is 29.0 Å². The predicted octanol–water partition coefficient (Wildman–Crippen LogP) is 4.72. The first-order valence-electron chi connectivity index (χ1n) is 12.3. The van der Waals surface area contributed by atoms with Crippen LogP contribution in [-0.4, -0.2) is 58.4 Å². The fraction of sp³-hybridized carbons (Fsp3) is 0.520. The second-order valence-electron chi connectivity index (χ2n) is 10.4. The lowest BCUT2D eigenvalue weighted by molar-refractivity contribution is -0.160. The minimum Gasteiger partial charge on any atom is -0.497 e. The number of ether oxygens (including phenoxy) is 3. The number of hydrogen-bond acceptors (Lipinski definition) is 12. The normalized spacial score (nSPS) is 20.5. The van der Waals surface area contributed by atoms with Crippen LogP contribution in [0.5, 0.6) is 5.75 Å². The second kappa shape index (κ2) is 11.4. The smallest absolute Gasteiger partial charge is 0.358 e. The molecule has 3 unspecified atom stereocenters. The summed E-state index contributed by atoms with van der Waals surface area (Å²) >= 11 is 1.43. The van der Waals surface area contributed by atoms with Gasteiger partial charge in [0.25, 0.3) is 0 Å². The predicted molar refractivity (Wildman–Crippen MR) is 145 cm³/mol. The van der Waals surface area contributed by atoms with Crippen LogP contribution in [0.2, 0.25) is 0 Å². The molecule has 0 saturated heterocycles. The summed E-state index contributed by atoms with van der Waals surface area (Å²) in [5.74, 6) is 0.581. The first kappa shape index (κ1) is 29.3. The summed E-state index contributed by atoms with van der Waals surface area (Å²) in [6.07, 6.45) is 2.10. The number of carbonyl (C=O) groups excluding carboxylic acids is 1. The summed E-state index contributed by atoms with van der Waals surface area (Å²) < 4.78 is 41.8. The van der Waals surface area contributed by atoms with Crippen molar-refractivity contribution in [2.24, 2.45) is 11.3 Å². The number of aromatic nitrogens is 4. The van der Waals surface area contributed by atoms with Crippen LogP contribution >= 0.6 is 19.4 Å². The lowest BCUT2D eigenvalue weighted by Gasteiger charge is -2.23. The maximum absolute atomic E-state index is 13.1. The number of nitrogens with zero attached hydrogens (tertiary/aromatic N) is 4. The third-order valence-corrected chi connectivity index (χ3v) is 8.88. The van der Waals surface area contributed by atoms with E-state index >= 15 is 0 Å². The van der Waals surface area contributed by atoms with E-state index in [0.717, 1.165) is 17.1 Å². The highest BCUT2D eigenvalue weighted by atomic mass is 32.2. The quantitative estimate of drug-likeness (QED) is 0.137. The minimum absolute atomic E-state index is 0.126. The van der Waals surface area contributed by atoms with Gasteiger partial charge in [0.1, 0.15) is 22.6 Å². The molecule has 4 rings (SSSR count). The number of methoxy groups -OCH3 is 1. The maximum atomic E-state index is 13.1. The molecular weight excluding hydrogens is 545 g/mol. The van der Waals surface area contributed by atoms with Crippen molar-refractivity contribution in [1.82, 2.24) is 19.5 Å². The number of hydrogen-bond donors (Lipinski definition) is 1. The number of benzene rings is 1. The van der Waals surface area contributed by atoms with Gasteiger partial charge in [0.15, 0.2) is 5.65 Å². The Hall–Kier alpha value is -2.70. The monoisotopic (exact) mass is 579 g/mol. The SMILES string of the molecule is COc1ccc(Sc2nc(N)nc3c2ncn3CC2(OCP(=O)(OC)OCOC(=O)C(C)(C)C)CC2C)cc1. The van der Waals surface area contributed by atoms with Crippen molar-refractivity contribution in [1.29, 1.82) is 0 Å². The zero-order valence-corrected chi connectivity index (χ0v) is 24.6. The van der Waals surface area contributed by atoms with Crippen LogP contribution in [0, 0.1) is 11.3 Å². The third kappa shape index (κ3) is 6.90. The van der Waals surface area contributed by atoms with Gasteiger partial charge in [-0.05, 0) is 57.4 Å². The first-order valence-corrected chi connectivity index (χ1v) is 14.8. The molecule has 1 saturated carbocycles. The summed E-state index contributed by atoms with van der Waals surface area (Å²) in [6, 6.07) is 7.60. The number of rotatable bonds is 12. The van der Waals surface area contributed by atoms with E-state index < -0.39 is 31.4 Å². The second-order valence-corrected chi connectivity index (χ2v) is 13.5. The highest BCUT2D eigenvalue weighted by Gasteiger charge is 2.54. The largest absolute Gasteiger partial charge is 0.497 e. The molecule has 212 valence electrons. The highest BCUT2D eigenvalue weighted by Crippen LogP contribution is 2.54. The minimum atomic E-state index is -3.67. The molecule has 2 aromatic heterocycles. The van der Waals surface area contributed by atoms with Crippen LogP contribution in [0.4, 0.5) is 5.95 Å². The van der Waals surface area contributed by atoms with E-state index in [-0.39, 0.29) is 18.2 Å². The molecule has 0 aliphatic heterocycles. The topological polar surface area (TPSA) is 150 Å². The van der Waals surface area contributed by atoms with Gasteiger partial charge >= 0.3 is 13.6 Å². The number of imidazole rings is 1. The maximum Gasteiger partial charge on any atom is 0.358 e. The van der Waals surface area contributed by atoms with Gasteiger partial charge in [0.2, 0.25) is 12.7 Å². The van der Waals surface area contributed by atoms with E-state index in [9.17, 15) is 9.36 Å². The van der Waals surface area contributed by atoms with Gasteiger partial charge in [-0.15, -0.1) is 0 Å². The van der Waals surface area contributed by atoms with Crippen molar-refractivity contribution in [3.63, 3.8) is 0 Å². The van der Waals surface area contributed by atoms with E-state index in [1.807, 2.05) is 35.8 Å². The molecule has 39 heavy (non-hydrogen) atoms. The highest BCUT2D eigenvalue weighted by molar-refractivity contribution is 7.99. The summed E-state index contributed by atoms with van der Waals surface area (Å²) in [5.41, 5.74) is 5.90. The standard InChI is InChI=1S/C25H34N5O7PS/c1-16-11-25(16,36-15-38(32,34-6)37-14-35-22(31)24(2,3)4)12-30-13-27-19-20(30)28-23(26)29-21(19)39-18-9-7-17(33-5)8-10-18/h7-10,13,16H,11-12,14-15H2,1-6H3,(H2,26,28,29). The zero-order chi connectivity index (χ0) is 28.4. The molecule has 1 aliphatic carbocycles. The Morgan fingerprint density at radius 1 is 1.23 bits per heavy atom. The number of esters is 1. The van der Waals surface area contributed by atoms with Crippen LogP contribution in [0.3, 0.4) is 0 Å². The molecule has 1 aliphatic rings.